The molecule has 3 nitrogen and oxygen atoms in total. The van der Waals surface area contributed by atoms with Crippen molar-refractivity contribution in [3.63, 3.8) is 0 Å². The molecule has 0 N–H and O–H groups in total. The van der Waals surface area contributed by atoms with Crippen molar-refractivity contribution in [3.05, 3.63) is 34.1 Å². The van der Waals surface area contributed by atoms with E-state index >= 15 is 0 Å². The Morgan fingerprint density at radius 2 is 2.30 bits per heavy atom. The van der Waals surface area contributed by atoms with Gasteiger partial charge in [-0.3, -0.25) is 9.69 Å². The molecule has 110 valence electrons. The maximum Gasteiger partial charge on any atom is 0.323 e. The Bertz CT molecular complexity index is 481. The first-order valence-corrected chi connectivity index (χ1v) is 7.75. The second-order valence-corrected chi connectivity index (χ2v) is 5.84. The van der Waals surface area contributed by atoms with Gasteiger partial charge in [-0.1, -0.05) is 12.5 Å². The molecule has 1 aliphatic rings. The van der Waals surface area contributed by atoms with Crippen LogP contribution in [0.4, 0.5) is 4.39 Å². The van der Waals surface area contributed by atoms with Crippen molar-refractivity contribution in [1.82, 2.24) is 4.90 Å². The van der Waals surface area contributed by atoms with E-state index in [1.807, 2.05) is 6.92 Å². The van der Waals surface area contributed by atoms with Crippen LogP contribution in [0, 0.1) is 5.82 Å². The molecule has 0 aromatic heterocycles. The number of carbonyl (C=O) groups is 1. The number of hydrogen-bond acceptors (Lipinski definition) is 3. The largest absolute Gasteiger partial charge is 0.465 e. The molecule has 1 fully saturated rings. The van der Waals surface area contributed by atoms with Gasteiger partial charge < -0.3 is 4.74 Å². The van der Waals surface area contributed by atoms with E-state index in [9.17, 15) is 9.18 Å². The molecule has 1 aromatic rings. The molecule has 1 atom stereocenters. The van der Waals surface area contributed by atoms with Crippen LogP contribution in [0.1, 0.15) is 31.7 Å². The topological polar surface area (TPSA) is 29.5 Å². The molecule has 0 amide bonds. The van der Waals surface area contributed by atoms with Crippen LogP contribution in [-0.4, -0.2) is 30.1 Å². The van der Waals surface area contributed by atoms with Gasteiger partial charge >= 0.3 is 5.97 Å². The summed E-state index contributed by atoms with van der Waals surface area (Å²) in [6.07, 6.45) is 2.96. The molecular formula is C15H19BrFNO2. The molecule has 1 aromatic carbocycles. The Hall–Kier alpha value is -0.940. The van der Waals surface area contributed by atoms with Gasteiger partial charge in [0.25, 0.3) is 0 Å². The average molecular weight is 344 g/mol. The number of nitrogens with zero attached hydrogens (tertiary/aromatic N) is 1. The van der Waals surface area contributed by atoms with Crippen LogP contribution in [0.25, 0.3) is 0 Å². The minimum absolute atomic E-state index is 0.145. The fraction of sp³-hybridized carbons (Fsp3) is 0.533. The molecule has 0 saturated carbocycles. The molecule has 1 aliphatic heterocycles. The molecule has 2 rings (SSSR count). The van der Waals surface area contributed by atoms with E-state index in [0.717, 1.165) is 31.4 Å². The molecule has 20 heavy (non-hydrogen) atoms. The van der Waals surface area contributed by atoms with Crippen molar-refractivity contribution in [3.8, 4) is 0 Å². The van der Waals surface area contributed by atoms with Gasteiger partial charge in [0.15, 0.2) is 0 Å². The van der Waals surface area contributed by atoms with Gasteiger partial charge in [0.2, 0.25) is 0 Å². The lowest BCUT2D eigenvalue weighted by Gasteiger charge is -2.34. The first-order chi connectivity index (χ1) is 9.61. The number of hydrogen-bond donors (Lipinski definition) is 0. The summed E-state index contributed by atoms with van der Waals surface area (Å²) in [5.74, 6) is -0.414. The van der Waals surface area contributed by atoms with Crippen LogP contribution in [0.5, 0.6) is 0 Å². The van der Waals surface area contributed by atoms with Gasteiger partial charge in [-0.15, -0.1) is 0 Å². The first-order valence-electron chi connectivity index (χ1n) is 6.96. The Morgan fingerprint density at radius 3 is 3.00 bits per heavy atom. The molecule has 0 radical (unpaired) electrons. The fourth-order valence-corrected chi connectivity index (χ4v) is 2.98. The number of esters is 1. The van der Waals surface area contributed by atoms with E-state index in [2.05, 4.69) is 20.8 Å². The van der Waals surface area contributed by atoms with Gasteiger partial charge in [-0.25, -0.2) is 4.39 Å². The van der Waals surface area contributed by atoms with Crippen LogP contribution < -0.4 is 0 Å². The molecule has 1 saturated heterocycles. The summed E-state index contributed by atoms with van der Waals surface area (Å²) in [7, 11) is 0. The van der Waals surface area contributed by atoms with Crippen molar-refractivity contribution in [1.29, 1.82) is 0 Å². The van der Waals surface area contributed by atoms with Gasteiger partial charge in [-0.2, -0.15) is 0 Å². The van der Waals surface area contributed by atoms with Crippen LogP contribution in [0.15, 0.2) is 22.7 Å². The lowest BCUT2D eigenvalue weighted by molar-refractivity contribution is -0.151. The standard InChI is InChI=1S/C15H19BrFNO2/c1-2-20-15(19)14-5-3-4-8-18(14)10-11-6-7-13(17)12(16)9-11/h6-7,9,14H,2-5,8,10H2,1H3/t14-/m0/s1. The number of carbonyl (C=O) groups excluding carboxylic acids is 1. The van der Waals surface area contributed by atoms with Crippen molar-refractivity contribution in [2.45, 2.75) is 38.8 Å². The van der Waals surface area contributed by atoms with Crippen LogP contribution in [0.3, 0.4) is 0 Å². The number of piperidine rings is 1. The zero-order chi connectivity index (χ0) is 14.5. The van der Waals surface area contributed by atoms with Crippen LogP contribution in [-0.2, 0) is 16.1 Å². The zero-order valence-corrected chi connectivity index (χ0v) is 13.2. The maximum absolute atomic E-state index is 13.2. The Morgan fingerprint density at radius 1 is 1.50 bits per heavy atom. The highest BCUT2D eigenvalue weighted by atomic mass is 79.9. The summed E-state index contributed by atoms with van der Waals surface area (Å²) >= 11 is 3.19. The minimum atomic E-state index is -0.269. The Labute approximate surface area is 127 Å². The predicted molar refractivity (Wildman–Crippen MR) is 78.8 cm³/mol. The molecule has 0 spiro atoms. The third-order valence-corrected chi connectivity index (χ3v) is 4.15. The predicted octanol–water partition coefficient (Wildman–Crippen LogP) is 3.51. The SMILES string of the molecule is CCOC(=O)[C@@H]1CCCCN1Cc1ccc(F)c(Br)c1. The third-order valence-electron chi connectivity index (χ3n) is 3.54. The summed E-state index contributed by atoms with van der Waals surface area (Å²) in [5, 5.41) is 0. The highest BCUT2D eigenvalue weighted by Gasteiger charge is 2.29. The summed E-state index contributed by atoms with van der Waals surface area (Å²) < 4.78 is 18.8. The molecule has 0 unspecified atom stereocenters. The lowest BCUT2D eigenvalue weighted by Crippen LogP contribution is -2.44. The van der Waals surface area contributed by atoms with E-state index in [-0.39, 0.29) is 17.8 Å². The normalized spacial score (nSPS) is 19.9. The Kier molecular flexibility index (Phi) is 5.54. The second kappa shape index (κ2) is 7.18. The maximum atomic E-state index is 13.2. The molecule has 0 bridgehead atoms. The third kappa shape index (κ3) is 3.79. The van der Waals surface area contributed by atoms with Gasteiger partial charge in [0.1, 0.15) is 11.9 Å². The summed E-state index contributed by atoms with van der Waals surface area (Å²) in [4.78, 5) is 14.1. The summed E-state index contributed by atoms with van der Waals surface area (Å²) in [6, 6.07) is 4.80. The minimum Gasteiger partial charge on any atom is -0.465 e. The lowest BCUT2D eigenvalue weighted by atomic mass is 10.0. The smallest absolute Gasteiger partial charge is 0.323 e. The van der Waals surface area contributed by atoms with Crippen molar-refractivity contribution in [2.24, 2.45) is 0 Å². The highest BCUT2D eigenvalue weighted by Crippen LogP contribution is 2.23. The summed E-state index contributed by atoms with van der Waals surface area (Å²) in [6.45, 7) is 3.74. The highest BCUT2D eigenvalue weighted by molar-refractivity contribution is 9.10. The average Bonchev–Trinajstić information content (AvgIpc) is 2.44. The van der Waals surface area contributed by atoms with Crippen molar-refractivity contribution < 1.29 is 13.9 Å². The fourth-order valence-electron chi connectivity index (χ4n) is 2.56. The molecular weight excluding hydrogens is 325 g/mol. The van der Waals surface area contributed by atoms with E-state index in [1.54, 1.807) is 12.1 Å². The van der Waals surface area contributed by atoms with Gasteiger partial charge in [0.05, 0.1) is 11.1 Å². The number of likely N-dealkylation sites (tertiary alicyclic amines) is 1. The first kappa shape index (κ1) is 15.4. The number of halogens is 2. The number of benzene rings is 1. The number of rotatable bonds is 4. The molecule has 5 heteroatoms. The Balaban J connectivity index is 2.08. The quantitative estimate of drug-likeness (QED) is 0.783. The zero-order valence-electron chi connectivity index (χ0n) is 11.6. The van der Waals surface area contributed by atoms with E-state index < -0.39 is 0 Å². The van der Waals surface area contributed by atoms with E-state index in [4.69, 9.17) is 4.74 Å². The van der Waals surface area contributed by atoms with Crippen molar-refractivity contribution in [2.75, 3.05) is 13.2 Å². The van der Waals surface area contributed by atoms with E-state index in [1.165, 1.54) is 6.07 Å². The van der Waals surface area contributed by atoms with Crippen LogP contribution >= 0.6 is 15.9 Å². The van der Waals surface area contributed by atoms with E-state index in [0.29, 0.717) is 17.6 Å². The monoisotopic (exact) mass is 343 g/mol. The van der Waals surface area contributed by atoms with Crippen LogP contribution in [0.2, 0.25) is 0 Å². The number of ether oxygens (including phenoxy) is 1. The van der Waals surface area contributed by atoms with Gasteiger partial charge in [-0.05, 0) is 59.9 Å². The van der Waals surface area contributed by atoms with Gasteiger partial charge in [0, 0.05) is 6.54 Å². The van der Waals surface area contributed by atoms with Crippen molar-refractivity contribution >= 4 is 21.9 Å². The molecule has 0 aliphatic carbocycles. The molecule has 1 heterocycles. The second-order valence-electron chi connectivity index (χ2n) is 4.98. The summed E-state index contributed by atoms with van der Waals surface area (Å²) in [5.41, 5.74) is 0.995.